The first-order valence-corrected chi connectivity index (χ1v) is 5.99. The van der Waals surface area contributed by atoms with Crippen LogP contribution >= 0.6 is 15.9 Å². The summed E-state index contributed by atoms with van der Waals surface area (Å²) in [6, 6.07) is 1.18. The molecule has 1 saturated carbocycles. The average molecular weight is 283 g/mol. The van der Waals surface area contributed by atoms with Crippen LogP contribution in [0, 0.1) is 0 Å². The predicted octanol–water partition coefficient (Wildman–Crippen LogP) is 1.87. The molecule has 0 saturated heterocycles. The fourth-order valence-corrected chi connectivity index (χ4v) is 1.71. The molecule has 2 heterocycles. The van der Waals surface area contributed by atoms with Crippen molar-refractivity contribution < 1.29 is 4.42 Å². The monoisotopic (exact) mass is 282 g/mol. The SMILES string of the molecule is Brc1cnn(-c2nc(CNC3CC3)co2)c1. The molecule has 5 nitrogen and oxygen atoms in total. The Hall–Kier alpha value is -1.14. The summed E-state index contributed by atoms with van der Waals surface area (Å²) in [4.78, 5) is 4.34. The van der Waals surface area contributed by atoms with Crippen molar-refractivity contribution in [2.75, 3.05) is 0 Å². The Kier molecular flexibility index (Phi) is 2.53. The lowest BCUT2D eigenvalue weighted by Crippen LogP contribution is -2.15. The Balaban J connectivity index is 1.71. The van der Waals surface area contributed by atoms with Crippen LogP contribution in [0.3, 0.4) is 0 Å². The van der Waals surface area contributed by atoms with Gasteiger partial charge in [0.1, 0.15) is 6.26 Å². The second-order valence-electron chi connectivity index (χ2n) is 3.88. The van der Waals surface area contributed by atoms with Crippen LogP contribution in [0.15, 0.2) is 27.5 Å². The molecule has 1 aliphatic carbocycles. The maximum absolute atomic E-state index is 5.35. The third-order valence-corrected chi connectivity index (χ3v) is 2.85. The van der Waals surface area contributed by atoms with Gasteiger partial charge in [0.2, 0.25) is 0 Å². The van der Waals surface area contributed by atoms with Gasteiger partial charge in [-0.3, -0.25) is 0 Å². The molecular weight excluding hydrogens is 272 g/mol. The topological polar surface area (TPSA) is 55.9 Å². The van der Waals surface area contributed by atoms with Crippen molar-refractivity contribution in [2.24, 2.45) is 0 Å². The first-order valence-electron chi connectivity index (χ1n) is 5.19. The normalized spacial score (nSPS) is 15.6. The number of nitrogens with one attached hydrogen (secondary N) is 1. The van der Waals surface area contributed by atoms with Gasteiger partial charge in [0, 0.05) is 18.8 Å². The van der Waals surface area contributed by atoms with Gasteiger partial charge in [-0.05, 0) is 28.8 Å². The lowest BCUT2D eigenvalue weighted by molar-refractivity contribution is 0.509. The summed E-state index contributed by atoms with van der Waals surface area (Å²) in [6.07, 6.45) is 7.73. The van der Waals surface area contributed by atoms with E-state index in [-0.39, 0.29) is 0 Å². The molecule has 6 heteroatoms. The number of hydrogen-bond donors (Lipinski definition) is 1. The molecule has 0 unspecified atom stereocenters. The van der Waals surface area contributed by atoms with Gasteiger partial charge in [-0.15, -0.1) is 0 Å². The molecule has 0 bridgehead atoms. The molecule has 16 heavy (non-hydrogen) atoms. The summed E-state index contributed by atoms with van der Waals surface area (Å²) >= 11 is 3.33. The van der Waals surface area contributed by atoms with Crippen molar-refractivity contribution >= 4 is 15.9 Å². The number of rotatable bonds is 4. The third-order valence-electron chi connectivity index (χ3n) is 2.44. The minimum absolute atomic E-state index is 0.498. The van der Waals surface area contributed by atoms with E-state index in [1.54, 1.807) is 17.1 Å². The number of halogens is 1. The lowest BCUT2D eigenvalue weighted by atomic mass is 10.5. The second-order valence-corrected chi connectivity index (χ2v) is 4.80. The van der Waals surface area contributed by atoms with Gasteiger partial charge in [0.05, 0.1) is 16.4 Å². The third kappa shape index (κ3) is 2.17. The van der Waals surface area contributed by atoms with E-state index in [1.165, 1.54) is 12.8 Å². The molecule has 84 valence electrons. The summed E-state index contributed by atoms with van der Waals surface area (Å²) in [7, 11) is 0. The largest absolute Gasteiger partial charge is 0.430 e. The van der Waals surface area contributed by atoms with E-state index in [9.17, 15) is 0 Å². The van der Waals surface area contributed by atoms with Crippen LogP contribution in [-0.4, -0.2) is 20.8 Å². The Morgan fingerprint density at radius 1 is 1.56 bits per heavy atom. The van der Waals surface area contributed by atoms with Crippen LogP contribution in [-0.2, 0) is 6.54 Å². The second kappa shape index (κ2) is 4.03. The molecule has 1 N–H and O–H groups in total. The van der Waals surface area contributed by atoms with E-state index in [1.807, 2.05) is 6.20 Å². The quantitative estimate of drug-likeness (QED) is 0.930. The van der Waals surface area contributed by atoms with E-state index >= 15 is 0 Å². The summed E-state index contributed by atoms with van der Waals surface area (Å²) in [5, 5.41) is 7.48. The van der Waals surface area contributed by atoms with Gasteiger partial charge in [0.15, 0.2) is 0 Å². The fourth-order valence-electron chi connectivity index (χ4n) is 1.42. The van der Waals surface area contributed by atoms with Crippen LogP contribution < -0.4 is 5.32 Å². The number of nitrogens with zero attached hydrogens (tertiary/aromatic N) is 3. The van der Waals surface area contributed by atoms with Gasteiger partial charge in [-0.25, -0.2) is 0 Å². The zero-order valence-corrected chi connectivity index (χ0v) is 10.1. The molecule has 1 aliphatic rings. The van der Waals surface area contributed by atoms with Gasteiger partial charge < -0.3 is 9.73 Å². The van der Waals surface area contributed by atoms with Crippen molar-refractivity contribution in [1.82, 2.24) is 20.1 Å². The molecule has 1 fully saturated rings. The first-order chi connectivity index (χ1) is 7.81. The minimum atomic E-state index is 0.498. The van der Waals surface area contributed by atoms with Crippen LogP contribution in [0.4, 0.5) is 0 Å². The van der Waals surface area contributed by atoms with E-state index in [0.29, 0.717) is 12.1 Å². The van der Waals surface area contributed by atoms with Gasteiger partial charge in [-0.1, -0.05) is 0 Å². The number of oxazole rings is 1. The van der Waals surface area contributed by atoms with Gasteiger partial charge in [-0.2, -0.15) is 14.8 Å². The number of hydrogen-bond acceptors (Lipinski definition) is 4. The van der Waals surface area contributed by atoms with E-state index < -0.39 is 0 Å². The molecule has 2 aromatic rings. The standard InChI is InChI=1S/C10H11BrN4O/c11-7-3-13-15(5-7)10-14-9(6-16-10)4-12-8-1-2-8/h3,5-6,8,12H,1-2,4H2. The highest BCUT2D eigenvalue weighted by Gasteiger charge is 2.20. The number of aromatic nitrogens is 3. The lowest BCUT2D eigenvalue weighted by Gasteiger charge is -1.96. The Morgan fingerprint density at radius 2 is 2.44 bits per heavy atom. The van der Waals surface area contributed by atoms with Crippen molar-refractivity contribution in [1.29, 1.82) is 0 Å². The summed E-state index contributed by atoms with van der Waals surface area (Å²) in [5.74, 6) is 0. The van der Waals surface area contributed by atoms with Crippen LogP contribution in [0.2, 0.25) is 0 Å². The molecule has 0 radical (unpaired) electrons. The molecule has 0 amide bonds. The molecular formula is C10H11BrN4O. The zero-order chi connectivity index (χ0) is 11.0. The highest BCUT2D eigenvalue weighted by molar-refractivity contribution is 9.10. The Labute approximate surface area is 101 Å². The fraction of sp³-hybridized carbons (Fsp3) is 0.400. The average Bonchev–Trinajstić information content (AvgIpc) is 2.81. The maximum Gasteiger partial charge on any atom is 0.322 e. The van der Waals surface area contributed by atoms with Gasteiger partial charge >= 0.3 is 6.01 Å². The van der Waals surface area contributed by atoms with Crippen LogP contribution in [0.5, 0.6) is 0 Å². The highest BCUT2D eigenvalue weighted by atomic mass is 79.9. The van der Waals surface area contributed by atoms with Crippen molar-refractivity contribution in [3.63, 3.8) is 0 Å². The van der Waals surface area contributed by atoms with Crippen LogP contribution in [0.25, 0.3) is 6.01 Å². The van der Waals surface area contributed by atoms with Crippen molar-refractivity contribution in [3.05, 3.63) is 28.8 Å². The van der Waals surface area contributed by atoms with Crippen molar-refractivity contribution in [2.45, 2.75) is 25.4 Å². The predicted molar refractivity (Wildman–Crippen MR) is 61.2 cm³/mol. The molecule has 0 atom stereocenters. The van der Waals surface area contributed by atoms with E-state index in [4.69, 9.17) is 4.42 Å². The zero-order valence-electron chi connectivity index (χ0n) is 8.56. The highest BCUT2D eigenvalue weighted by Crippen LogP contribution is 2.19. The Morgan fingerprint density at radius 3 is 3.12 bits per heavy atom. The summed E-state index contributed by atoms with van der Waals surface area (Å²) in [5.41, 5.74) is 0.911. The smallest absolute Gasteiger partial charge is 0.322 e. The summed E-state index contributed by atoms with van der Waals surface area (Å²) in [6.45, 7) is 0.761. The first kappa shape index (κ1) is 10.0. The summed E-state index contributed by atoms with van der Waals surface area (Å²) < 4.78 is 7.85. The van der Waals surface area contributed by atoms with Crippen molar-refractivity contribution in [3.8, 4) is 6.01 Å². The molecule has 0 aromatic carbocycles. The Bertz CT molecular complexity index is 488. The molecule has 3 rings (SSSR count). The molecule has 0 spiro atoms. The van der Waals surface area contributed by atoms with Gasteiger partial charge in [0.25, 0.3) is 0 Å². The maximum atomic E-state index is 5.35. The van der Waals surface area contributed by atoms with Crippen LogP contribution in [0.1, 0.15) is 18.5 Å². The van der Waals surface area contributed by atoms with E-state index in [2.05, 4.69) is 31.3 Å². The minimum Gasteiger partial charge on any atom is -0.430 e. The molecule has 2 aromatic heterocycles. The van der Waals surface area contributed by atoms with E-state index in [0.717, 1.165) is 16.7 Å². The molecule has 0 aliphatic heterocycles.